The molecule has 1 unspecified atom stereocenters. The van der Waals surface area contributed by atoms with E-state index in [0.717, 1.165) is 0 Å². The van der Waals surface area contributed by atoms with Gasteiger partial charge in [0.25, 0.3) is 5.91 Å². The Bertz CT molecular complexity index is 1020. The Labute approximate surface area is 183 Å². The van der Waals surface area contributed by atoms with Crippen molar-refractivity contribution in [2.45, 2.75) is 19.4 Å². The third-order valence-electron chi connectivity index (χ3n) is 4.92. The minimum Gasteiger partial charge on any atom is -0.466 e. The standard InChI is InChI=1S/C20H23ClN4O6/c1-3-31-16(27)9-14-19(28)25(7-6-22-14)10-15(26)24-17-12-8-11(21)4-5-13(12)23-18(17)20(29)30-2/h4-5,8,14,22-23H,3,6-7,9-10H2,1-2H3,(H,24,26)/p+1. The van der Waals surface area contributed by atoms with Crippen molar-refractivity contribution in [3.05, 3.63) is 28.9 Å². The number of ether oxygens (including phenoxy) is 2. The molecule has 11 heteroatoms. The average Bonchev–Trinajstić information content (AvgIpc) is 3.08. The number of hydrogen-bond donors (Lipinski definition) is 3. The van der Waals surface area contributed by atoms with Gasteiger partial charge in [0.1, 0.15) is 18.7 Å². The molecule has 1 atom stereocenters. The zero-order valence-electron chi connectivity index (χ0n) is 17.2. The lowest BCUT2D eigenvalue weighted by Gasteiger charge is -2.29. The number of piperazine rings is 1. The van der Waals surface area contributed by atoms with Crippen LogP contribution in [0.3, 0.4) is 0 Å². The molecule has 2 heterocycles. The number of halogens is 1. The lowest BCUT2D eigenvalue weighted by Crippen LogP contribution is -2.96. The van der Waals surface area contributed by atoms with Gasteiger partial charge >= 0.3 is 11.9 Å². The molecule has 1 aromatic heterocycles. The molecule has 4 N–H and O–H groups in total. The molecule has 31 heavy (non-hydrogen) atoms. The van der Waals surface area contributed by atoms with Crippen LogP contribution in [-0.2, 0) is 23.9 Å². The molecule has 0 spiro atoms. The summed E-state index contributed by atoms with van der Waals surface area (Å²) in [6, 6.07) is 4.33. The fourth-order valence-electron chi connectivity index (χ4n) is 3.51. The van der Waals surface area contributed by atoms with E-state index in [9.17, 15) is 19.2 Å². The second-order valence-corrected chi connectivity index (χ2v) is 7.44. The van der Waals surface area contributed by atoms with E-state index in [1.54, 1.807) is 30.4 Å². The van der Waals surface area contributed by atoms with E-state index < -0.39 is 23.9 Å². The number of nitrogens with zero attached hydrogens (tertiary/aromatic N) is 1. The highest BCUT2D eigenvalue weighted by Gasteiger charge is 2.35. The van der Waals surface area contributed by atoms with Crippen molar-refractivity contribution in [2.75, 3.05) is 38.7 Å². The van der Waals surface area contributed by atoms with Crippen molar-refractivity contribution < 1.29 is 34.0 Å². The second-order valence-electron chi connectivity index (χ2n) is 7.00. The number of benzene rings is 1. The minimum absolute atomic E-state index is 0.0573. The van der Waals surface area contributed by atoms with Gasteiger partial charge in [-0.1, -0.05) is 11.6 Å². The molecule has 166 valence electrons. The van der Waals surface area contributed by atoms with Gasteiger partial charge in [0, 0.05) is 15.9 Å². The summed E-state index contributed by atoms with van der Waals surface area (Å²) in [5.74, 6) is -1.91. The number of rotatable bonds is 7. The van der Waals surface area contributed by atoms with E-state index in [4.69, 9.17) is 21.1 Å². The summed E-state index contributed by atoms with van der Waals surface area (Å²) in [6.07, 6.45) is -0.0573. The number of anilines is 1. The molecule has 10 nitrogen and oxygen atoms in total. The molecule has 2 aromatic rings. The number of H-pyrrole nitrogens is 1. The third-order valence-corrected chi connectivity index (χ3v) is 5.16. The van der Waals surface area contributed by atoms with E-state index in [2.05, 4.69) is 10.3 Å². The maximum atomic E-state index is 12.7. The summed E-state index contributed by atoms with van der Waals surface area (Å²) < 4.78 is 9.70. The lowest BCUT2D eigenvalue weighted by atomic mass is 10.1. The molecule has 1 saturated heterocycles. The molecule has 1 aliphatic heterocycles. The van der Waals surface area contributed by atoms with Crippen molar-refractivity contribution in [2.24, 2.45) is 0 Å². The Morgan fingerprint density at radius 2 is 2.13 bits per heavy atom. The number of carbonyl (C=O) groups excluding carboxylic acids is 4. The maximum Gasteiger partial charge on any atom is 0.356 e. The first-order valence-corrected chi connectivity index (χ1v) is 10.2. The first-order chi connectivity index (χ1) is 14.8. The Hall–Kier alpha value is -3.11. The number of hydrogen-bond acceptors (Lipinski definition) is 6. The number of carbonyl (C=O) groups is 4. The van der Waals surface area contributed by atoms with Crippen molar-refractivity contribution in [1.82, 2.24) is 9.88 Å². The number of esters is 2. The predicted octanol–water partition coefficient (Wildman–Crippen LogP) is 0.274. The first kappa shape index (κ1) is 22.6. The van der Waals surface area contributed by atoms with Gasteiger partial charge in [-0.15, -0.1) is 0 Å². The van der Waals surface area contributed by atoms with Crippen LogP contribution in [-0.4, -0.2) is 73.0 Å². The van der Waals surface area contributed by atoms with Crippen LogP contribution in [0, 0.1) is 0 Å². The Balaban J connectivity index is 1.75. The van der Waals surface area contributed by atoms with E-state index in [0.29, 0.717) is 29.0 Å². The minimum atomic E-state index is -0.652. The van der Waals surface area contributed by atoms with Gasteiger partial charge in [-0.05, 0) is 25.1 Å². The molecule has 1 aromatic carbocycles. The lowest BCUT2D eigenvalue weighted by molar-refractivity contribution is -0.682. The highest BCUT2D eigenvalue weighted by atomic mass is 35.5. The van der Waals surface area contributed by atoms with E-state index >= 15 is 0 Å². The zero-order chi connectivity index (χ0) is 22.5. The Morgan fingerprint density at radius 3 is 2.84 bits per heavy atom. The van der Waals surface area contributed by atoms with Crippen LogP contribution in [0.1, 0.15) is 23.8 Å². The molecule has 3 rings (SSSR count). The topological polar surface area (TPSA) is 134 Å². The van der Waals surface area contributed by atoms with Gasteiger partial charge in [-0.25, -0.2) is 4.79 Å². The van der Waals surface area contributed by atoms with Crippen molar-refractivity contribution in [3.63, 3.8) is 0 Å². The van der Waals surface area contributed by atoms with Crippen molar-refractivity contribution in [1.29, 1.82) is 0 Å². The van der Waals surface area contributed by atoms with Crippen LogP contribution in [0.4, 0.5) is 5.69 Å². The number of aromatic amines is 1. The van der Waals surface area contributed by atoms with Crippen LogP contribution in [0.2, 0.25) is 5.02 Å². The molecule has 0 aliphatic carbocycles. The smallest absolute Gasteiger partial charge is 0.356 e. The van der Waals surface area contributed by atoms with E-state index in [-0.39, 0.29) is 36.9 Å². The van der Waals surface area contributed by atoms with Gasteiger partial charge < -0.3 is 30.0 Å². The molecule has 1 aliphatic rings. The predicted molar refractivity (Wildman–Crippen MR) is 112 cm³/mol. The quantitative estimate of drug-likeness (QED) is 0.517. The number of fused-ring (bicyclic) bond motifs is 1. The van der Waals surface area contributed by atoms with Crippen molar-refractivity contribution >= 4 is 51.9 Å². The van der Waals surface area contributed by atoms with Crippen molar-refractivity contribution in [3.8, 4) is 0 Å². The molecule has 1 fully saturated rings. The fraction of sp³-hybridized carbons (Fsp3) is 0.400. The van der Waals surface area contributed by atoms with Crippen LogP contribution in [0.5, 0.6) is 0 Å². The number of methoxy groups -OCH3 is 1. The summed E-state index contributed by atoms with van der Waals surface area (Å²) in [4.78, 5) is 53.6. The number of quaternary nitrogens is 1. The van der Waals surface area contributed by atoms with Gasteiger partial charge in [0.2, 0.25) is 5.91 Å². The number of nitrogens with one attached hydrogen (secondary N) is 2. The first-order valence-electron chi connectivity index (χ1n) is 9.81. The van der Waals surface area contributed by atoms with E-state index in [1.165, 1.54) is 12.0 Å². The highest BCUT2D eigenvalue weighted by Crippen LogP contribution is 2.30. The SMILES string of the molecule is CCOC(=O)CC1[NH2+]CCN(CC(=O)Nc2c(C(=O)OC)[nH]c3ccc(Cl)cc23)C1=O. The fourth-order valence-corrected chi connectivity index (χ4v) is 3.68. The van der Waals surface area contributed by atoms with Crippen LogP contribution >= 0.6 is 11.6 Å². The van der Waals surface area contributed by atoms with Crippen LogP contribution in [0.15, 0.2) is 18.2 Å². The molecular formula is C20H24ClN4O6+. The summed E-state index contributed by atoms with van der Waals surface area (Å²) >= 11 is 6.07. The molecule has 2 amide bonds. The molecule has 0 bridgehead atoms. The monoisotopic (exact) mass is 451 g/mol. The summed E-state index contributed by atoms with van der Waals surface area (Å²) in [5, 5.41) is 5.44. The molecule has 0 radical (unpaired) electrons. The van der Waals surface area contributed by atoms with Gasteiger partial charge in [-0.2, -0.15) is 0 Å². The average molecular weight is 452 g/mol. The van der Waals surface area contributed by atoms with Crippen LogP contribution in [0.25, 0.3) is 10.9 Å². The van der Waals surface area contributed by atoms with Gasteiger partial charge in [0.15, 0.2) is 6.04 Å². The number of amides is 2. The number of aromatic nitrogens is 1. The van der Waals surface area contributed by atoms with Gasteiger partial charge in [0.05, 0.1) is 32.5 Å². The Kier molecular flexibility index (Phi) is 7.13. The normalized spacial score (nSPS) is 16.3. The summed E-state index contributed by atoms with van der Waals surface area (Å²) in [7, 11) is 1.24. The van der Waals surface area contributed by atoms with Gasteiger partial charge in [-0.3, -0.25) is 14.4 Å². The van der Waals surface area contributed by atoms with E-state index in [1.807, 2.05) is 0 Å². The molecular weight excluding hydrogens is 428 g/mol. The number of nitrogens with two attached hydrogens (primary N) is 1. The summed E-state index contributed by atoms with van der Waals surface area (Å²) in [6.45, 7) is 2.62. The zero-order valence-corrected chi connectivity index (χ0v) is 18.0. The molecule has 0 saturated carbocycles. The third kappa shape index (κ3) is 5.15. The maximum absolute atomic E-state index is 12.7. The van der Waals surface area contributed by atoms with Crippen LogP contribution < -0.4 is 10.6 Å². The largest absolute Gasteiger partial charge is 0.466 e. The highest BCUT2D eigenvalue weighted by molar-refractivity contribution is 6.31. The summed E-state index contributed by atoms with van der Waals surface area (Å²) in [5.41, 5.74) is 0.901. The Morgan fingerprint density at radius 1 is 1.35 bits per heavy atom. The second kappa shape index (κ2) is 9.80.